The topological polar surface area (TPSA) is 29.9 Å². The number of hydrogen-bond donors (Lipinski definition) is 1. The van der Waals surface area contributed by atoms with E-state index in [-0.39, 0.29) is 0 Å². The predicted octanol–water partition coefficient (Wildman–Crippen LogP) is 2.76. The number of aromatic nitrogens is 2. The fourth-order valence-corrected chi connectivity index (χ4v) is 2.70. The Kier molecular flexibility index (Phi) is 4.55. The highest BCUT2D eigenvalue weighted by Gasteiger charge is 2.07. The highest BCUT2D eigenvalue weighted by Crippen LogP contribution is 2.09. The Morgan fingerprint density at radius 2 is 2.33 bits per heavy atom. The van der Waals surface area contributed by atoms with Gasteiger partial charge in [0, 0.05) is 19.6 Å². The van der Waals surface area contributed by atoms with Crippen LogP contribution in [0.5, 0.6) is 0 Å². The molecule has 2 aromatic heterocycles. The minimum atomic E-state index is 0.486. The highest BCUT2D eigenvalue weighted by molar-refractivity contribution is 7.07. The summed E-state index contributed by atoms with van der Waals surface area (Å²) >= 11 is 1.76. The Morgan fingerprint density at radius 1 is 1.50 bits per heavy atom. The van der Waals surface area contributed by atoms with E-state index in [0.29, 0.717) is 6.04 Å². The van der Waals surface area contributed by atoms with Crippen molar-refractivity contribution in [1.29, 1.82) is 0 Å². The lowest BCUT2D eigenvalue weighted by Gasteiger charge is -2.12. The summed E-state index contributed by atoms with van der Waals surface area (Å²) in [4.78, 5) is 0. The van der Waals surface area contributed by atoms with Crippen molar-refractivity contribution >= 4 is 11.3 Å². The molecule has 3 nitrogen and oxygen atoms in total. The van der Waals surface area contributed by atoms with E-state index < -0.39 is 0 Å². The molecule has 0 bridgehead atoms. The van der Waals surface area contributed by atoms with Gasteiger partial charge in [-0.25, -0.2) is 0 Å². The second-order valence-electron chi connectivity index (χ2n) is 4.72. The zero-order chi connectivity index (χ0) is 13.0. The lowest BCUT2D eigenvalue weighted by atomic mass is 10.1. The number of nitrogens with zero attached hydrogens (tertiary/aromatic N) is 2. The summed E-state index contributed by atoms with van der Waals surface area (Å²) in [5, 5.41) is 12.4. The fraction of sp³-hybridized carbons (Fsp3) is 0.500. The summed E-state index contributed by atoms with van der Waals surface area (Å²) in [5.74, 6) is 0. The maximum Gasteiger partial charge on any atom is 0.0625 e. The van der Waals surface area contributed by atoms with Crippen molar-refractivity contribution in [2.24, 2.45) is 7.05 Å². The first-order chi connectivity index (χ1) is 8.69. The monoisotopic (exact) mass is 263 g/mol. The molecule has 1 atom stereocenters. The molecule has 0 spiro atoms. The Labute approximate surface area is 113 Å². The third-order valence-corrected chi connectivity index (χ3v) is 3.88. The van der Waals surface area contributed by atoms with Crippen LogP contribution < -0.4 is 5.32 Å². The summed E-state index contributed by atoms with van der Waals surface area (Å²) in [6.07, 6.45) is 2.08. The molecule has 2 rings (SSSR count). The first-order valence-corrected chi connectivity index (χ1v) is 7.39. The molecule has 0 radical (unpaired) electrons. The van der Waals surface area contributed by atoms with Gasteiger partial charge in [-0.2, -0.15) is 16.4 Å². The molecule has 0 saturated carbocycles. The standard InChI is InChI=1S/C14H21N3S/c1-4-13-8-14(17(3)16-13)9-15-11(2)7-12-5-6-18-10-12/h5-6,8,10-11,15H,4,7,9H2,1-3H3. The van der Waals surface area contributed by atoms with E-state index in [9.17, 15) is 0 Å². The Balaban J connectivity index is 1.85. The van der Waals surface area contributed by atoms with E-state index in [0.717, 1.165) is 19.4 Å². The SMILES string of the molecule is CCc1cc(CNC(C)Cc2ccsc2)n(C)n1. The van der Waals surface area contributed by atoms with E-state index >= 15 is 0 Å². The van der Waals surface area contributed by atoms with Crippen molar-refractivity contribution in [2.75, 3.05) is 0 Å². The first-order valence-electron chi connectivity index (χ1n) is 6.45. The Morgan fingerprint density at radius 3 is 2.94 bits per heavy atom. The summed E-state index contributed by atoms with van der Waals surface area (Å²) in [7, 11) is 2.01. The van der Waals surface area contributed by atoms with Crippen LogP contribution in [-0.4, -0.2) is 15.8 Å². The van der Waals surface area contributed by atoms with Crippen LogP contribution in [-0.2, 0) is 26.4 Å². The minimum absolute atomic E-state index is 0.486. The average molecular weight is 263 g/mol. The third kappa shape index (κ3) is 3.43. The number of rotatable bonds is 6. The van der Waals surface area contributed by atoms with Gasteiger partial charge >= 0.3 is 0 Å². The average Bonchev–Trinajstić information content (AvgIpc) is 2.96. The van der Waals surface area contributed by atoms with Crippen LogP contribution in [0.3, 0.4) is 0 Å². The number of nitrogens with one attached hydrogen (secondary N) is 1. The second kappa shape index (κ2) is 6.16. The normalized spacial score (nSPS) is 12.8. The lowest BCUT2D eigenvalue weighted by Crippen LogP contribution is -2.28. The van der Waals surface area contributed by atoms with E-state index in [1.807, 2.05) is 11.7 Å². The molecule has 1 unspecified atom stereocenters. The number of hydrogen-bond acceptors (Lipinski definition) is 3. The van der Waals surface area contributed by atoms with Gasteiger partial charge in [0.2, 0.25) is 0 Å². The molecule has 0 aliphatic carbocycles. The Bertz CT molecular complexity index is 473. The van der Waals surface area contributed by atoms with E-state index in [1.165, 1.54) is 17.0 Å². The minimum Gasteiger partial charge on any atom is -0.308 e. The van der Waals surface area contributed by atoms with Crippen LogP contribution in [0.15, 0.2) is 22.9 Å². The fourth-order valence-electron chi connectivity index (χ4n) is 2.02. The predicted molar refractivity (Wildman–Crippen MR) is 76.9 cm³/mol. The molecule has 98 valence electrons. The van der Waals surface area contributed by atoms with Crippen molar-refractivity contribution in [3.63, 3.8) is 0 Å². The maximum absolute atomic E-state index is 4.46. The van der Waals surface area contributed by atoms with Crippen LogP contribution in [0, 0.1) is 0 Å². The lowest BCUT2D eigenvalue weighted by molar-refractivity contribution is 0.526. The van der Waals surface area contributed by atoms with Crippen LogP contribution in [0.1, 0.15) is 30.8 Å². The zero-order valence-electron chi connectivity index (χ0n) is 11.3. The van der Waals surface area contributed by atoms with Gasteiger partial charge < -0.3 is 5.32 Å². The van der Waals surface area contributed by atoms with Crippen LogP contribution in [0.25, 0.3) is 0 Å². The number of thiophene rings is 1. The molecule has 0 aromatic carbocycles. The van der Waals surface area contributed by atoms with Crippen molar-refractivity contribution < 1.29 is 0 Å². The smallest absolute Gasteiger partial charge is 0.0625 e. The van der Waals surface area contributed by atoms with Crippen molar-refractivity contribution in [3.05, 3.63) is 39.8 Å². The molecule has 0 aliphatic heterocycles. The van der Waals surface area contributed by atoms with Crippen LogP contribution in [0.4, 0.5) is 0 Å². The van der Waals surface area contributed by atoms with E-state index in [1.54, 1.807) is 11.3 Å². The number of aryl methyl sites for hydroxylation is 2. The van der Waals surface area contributed by atoms with Gasteiger partial charge in [-0.1, -0.05) is 6.92 Å². The van der Waals surface area contributed by atoms with Gasteiger partial charge in [-0.05, 0) is 48.2 Å². The molecule has 1 N–H and O–H groups in total. The quantitative estimate of drug-likeness (QED) is 0.868. The molecule has 18 heavy (non-hydrogen) atoms. The molecule has 0 aliphatic rings. The molecule has 0 amide bonds. The second-order valence-corrected chi connectivity index (χ2v) is 5.50. The van der Waals surface area contributed by atoms with Gasteiger partial charge in [0.05, 0.1) is 11.4 Å². The molecule has 0 saturated heterocycles. The van der Waals surface area contributed by atoms with Crippen molar-refractivity contribution in [1.82, 2.24) is 15.1 Å². The van der Waals surface area contributed by atoms with E-state index in [4.69, 9.17) is 0 Å². The highest BCUT2D eigenvalue weighted by atomic mass is 32.1. The van der Waals surface area contributed by atoms with Crippen LogP contribution in [0.2, 0.25) is 0 Å². The molecular formula is C14H21N3S. The summed E-state index contributed by atoms with van der Waals surface area (Å²) in [6.45, 7) is 5.25. The molecule has 2 heterocycles. The summed E-state index contributed by atoms with van der Waals surface area (Å²) in [6, 6.07) is 4.87. The Hall–Kier alpha value is -1.13. The largest absolute Gasteiger partial charge is 0.308 e. The maximum atomic E-state index is 4.46. The first kappa shape index (κ1) is 13.3. The van der Waals surface area contributed by atoms with E-state index in [2.05, 4.69) is 47.2 Å². The molecular weight excluding hydrogens is 242 g/mol. The van der Waals surface area contributed by atoms with Gasteiger partial charge in [0.25, 0.3) is 0 Å². The molecule has 2 aromatic rings. The van der Waals surface area contributed by atoms with Gasteiger partial charge in [-0.15, -0.1) is 0 Å². The molecule has 4 heteroatoms. The van der Waals surface area contributed by atoms with Crippen LogP contribution >= 0.6 is 11.3 Å². The van der Waals surface area contributed by atoms with Gasteiger partial charge in [-0.3, -0.25) is 4.68 Å². The molecule has 0 fully saturated rings. The van der Waals surface area contributed by atoms with Gasteiger partial charge in [0.1, 0.15) is 0 Å². The summed E-state index contributed by atoms with van der Waals surface area (Å²) < 4.78 is 1.98. The van der Waals surface area contributed by atoms with Crippen molar-refractivity contribution in [2.45, 2.75) is 39.3 Å². The van der Waals surface area contributed by atoms with Crippen molar-refractivity contribution in [3.8, 4) is 0 Å². The zero-order valence-corrected chi connectivity index (χ0v) is 12.1. The third-order valence-electron chi connectivity index (χ3n) is 3.14. The van der Waals surface area contributed by atoms with Gasteiger partial charge in [0.15, 0.2) is 0 Å². The summed E-state index contributed by atoms with van der Waals surface area (Å²) in [5.41, 5.74) is 3.84.